The van der Waals surface area contributed by atoms with Crippen molar-refractivity contribution >= 4 is 23.2 Å². The van der Waals surface area contributed by atoms with E-state index < -0.39 is 0 Å². The number of hydrogen-bond acceptors (Lipinski definition) is 3. The first-order chi connectivity index (χ1) is 13.3. The van der Waals surface area contributed by atoms with E-state index in [0.29, 0.717) is 22.8 Å². The van der Waals surface area contributed by atoms with Crippen LogP contribution < -0.4 is 10.6 Å². The number of nitrogens with one attached hydrogen (secondary N) is 3. The van der Waals surface area contributed by atoms with Crippen LogP contribution in [0.3, 0.4) is 0 Å². The Hall–Kier alpha value is -3.41. The zero-order valence-electron chi connectivity index (χ0n) is 16.5. The Kier molecular flexibility index (Phi) is 5.59. The second-order valence-corrected chi connectivity index (χ2v) is 7.16. The second-order valence-electron chi connectivity index (χ2n) is 7.16. The number of amides is 2. The monoisotopic (exact) mass is 376 g/mol. The van der Waals surface area contributed by atoms with Gasteiger partial charge in [-0.2, -0.15) is 5.10 Å². The molecule has 0 unspecified atom stereocenters. The number of H-pyrrole nitrogens is 1. The summed E-state index contributed by atoms with van der Waals surface area (Å²) in [7, 11) is 0. The number of aromatic amines is 1. The molecule has 0 aliphatic rings. The van der Waals surface area contributed by atoms with Crippen molar-refractivity contribution in [3.05, 3.63) is 65.4 Å². The van der Waals surface area contributed by atoms with Crippen LogP contribution in [0.5, 0.6) is 0 Å². The number of carbonyl (C=O) groups excluding carboxylic acids is 2. The number of carbonyl (C=O) groups is 2. The van der Waals surface area contributed by atoms with Crippen LogP contribution in [0.2, 0.25) is 0 Å². The van der Waals surface area contributed by atoms with Crippen molar-refractivity contribution in [1.29, 1.82) is 0 Å². The van der Waals surface area contributed by atoms with E-state index in [0.717, 1.165) is 16.7 Å². The van der Waals surface area contributed by atoms with Crippen LogP contribution in [0.1, 0.15) is 35.5 Å². The van der Waals surface area contributed by atoms with E-state index in [1.54, 1.807) is 12.1 Å². The third kappa shape index (κ3) is 4.46. The van der Waals surface area contributed by atoms with E-state index in [4.69, 9.17) is 0 Å². The van der Waals surface area contributed by atoms with Gasteiger partial charge in [-0.25, -0.2) is 0 Å². The lowest BCUT2D eigenvalue weighted by molar-refractivity contribution is -0.118. The van der Waals surface area contributed by atoms with E-state index in [-0.39, 0.29) is 17.7 Å². The molecular formula is C22H24N4O2. The minimum Gasteiger partial charge on any atom is -0.326 e. The van der Waals surface area contributed by atoms with Crippen molar-refractivity contribution in [2.24, 2.45) is 5.92 Å². The normalized spacial score (nSPS) is 10.8. The van der Waals surface area contributed by atoms with Gasteiger partial charge in [0, 0.05) is 22.9 Å². The first kappa shape index (κ1) is 19.4. The van der Waals surface area contributed by atoms with Gasteiger partial charge in [-0.05, 0) is 37.6 Å². The van der Waals surface area contributed by atoms with Gasteiger partial charge in [0.1, 0.15) is 5.69 Å². The Labute approximate surface area is 164 Å². The molecule has 0 saturated heterocycles. The molecule has 6 heteroatoms. The maximum absolute atomic E-state index is 12.6. The smallest absolute Gasteiger partial charge is 0.273 e. The molecule has 0 bridgehead atoms. The third-order valence-corrected chi connectivity index (χ3v) is 4.45. The first-order valence-corrected chi connectivity index (χ1v) is 9.19. The molecule has 0 saturated carbocycles. The van der Waals surface area contributed by atoms with E-state index >= 15 is 0 Å². The van der Waals surface area contributed by atoms with Gasteiger partial charge in [-0.15, -0.1) is 0 Å². The number of benzene rings is 2. The summed E-state index contributed by atoms with van der Waals surface area (Å²) in [6, 6.07) is 15.1. The van der Waals surface area contributed by atoms with E-state index in [1.807, 2.05) is 64.1 Å². The molecule has 3 N–H and O–H groups in total. The van der Waals surface area contributed by atoms with Gasteiger partial charge in [-0.1, -0.05) is 49.7 Å². The standard InChI is InChI=1S/C22H24N4O2/c1-13(2)21(27)23-17-10-7-15(4)18(11-17)24-22(28)20-12-19(25-26-20)16-8-5-14(3)6-9-16/h5-13H,1-4H3,(H,23,27)(H,24,28)(H,25,26). The summed E-state index contributed by atoms with van der Waals surface area (Å²) < 4.78 is 0. The van der Waals surface area contributed by atoms with Crippen molar-refractivity contribution in [3.63, 3.8) is 0 Å². The molecule has 1 heterocycles. The number of anilines is 2. The van der Waals surface area contributed by atoms with E-state index in [9.17, 15) is 9.59 Å². The highest BCUT2D eigenvalue weighted by atomic mass is 16.2. The number of hydrogen-bond donors (Lipinski definition) is 3. The number of aromatic nitrogens is 2. The highest BCUT2D eigenvalue weighted by Gasteiger charge is 2.14. The average molecular weight is 376 g/mol. The summed E-state index contributed by atoms with van der Waals surface area (Å²) in [5, 5.41) is 12.7. The molecule has 3 rings (SSSR count). The molecule has 6 nitrogen and oxygen atoms in total. The Morgan fingerprint density at radius 3 is 2.36 bits per heavy atom. The fourth-order valence-corrected chi connectivity index (χ4v) is 2.62. The van der Waals surface area contributed by atoms with Crippen LogP contribution in [0.4, 0.5) is 11.4 Å². The van der Waals surface area contributed by atoms with E-state index in [2.05, 4.69) is 20.8 Å². The second kappa shape index (κ2) is 8.08. The highest BCUT2D eigenvalue weighted by Crippen LogP contribution is 2.23. The maximum atomic E-state index is 12.6. The van der Waals surface area contributed by atoms with Gasteiger partial charge in [0.15, 0.2) is 0 Å². The first-order valence-electron chi connectivity index (χ1n) is 9.19. The molecule has 28 heavy (non-hydrogen) atoms. The Balaban J connectivity index is 1.76. The predicted octanol–water partition coefficient (Wildman–Crippen LogP) is 4.54. The van der Waals surface area contributed by atoms with Gasteiger partial charge >= 0.3 is 0 Å². The molecule has 0 aliphatic carbocycles. The van der Waals surface area contributed by atoms with Gasteiger partial charge in [0.2, 0.25) is 5.91 Å². The number of rotatable bonds is 5. The molecule has 3 aromatic rings. The van der Waals surface area contributed by atoms with Crippen LogP contribution in [-0.4, -0.2) is 22.0 Å². The molecular weight excluding hydrogens is 352 g/mol. The summed E-state index contributed by atoms with van der Waals surface area (Å²) in [6.45, 7) is 7.58. The minimum atomic E-state index is -0.290. The zero-order chi connectivity index (χ0) is 20.3. The van der Waals surface area contributed by atoms with Gasteiger partial charge in [0.25, 0.3) is 5.91 Å². The van der Waals surface area contributed by atoms with Crippen molar-refractivity contribution in [2.75, 3.05) is 10.6 Å². The van der Waals surface area contributed by atoms with Crippen LogP contribution in [0.25, 0.3) is 11.3 Å². The lowest BCUT2D eigenvalue weighted by Crippen LogP contribution is -2.18. The van der Waals surface area contributed by atoms with Crippen LogP contribution >= 0.6 is 0 Å². The Morgan fingerprint density at radius 1 is 0.964 bits per heavy atom. The van der Waals surface area contributed by atoms with Gasteiger partial charge < -0.3 is 10.6 Å². The molecule has 0 atom stereocenters. The summed E-state index contributed by atoms with van der Waals surface area (Å²) in [5.74, 6) is -0.483. The fraction of sp³-hybridized carbons (Fsp3) is 0.227. The topological polar surface area (TPSA) is 86.9 Å². The third-order valence-electron chi connectivity index (χ3n) is 4.45. The summed E-state index contributed by atoms with van der Waals surface area (Å²) in [5.41, 5.74) is 5.36. The average Bonchev–Trinajstić information content (AvgIpc) is 3.15. The quantitative estimate of drug-likeness (QED) is 0.611. The van der Waals surface area contributed by atoms with Crippen molar-refractivity contribution < 1.29 is 9.59 Å². The van der Waals surface area contributed by atoms with Crippen LogP contribution in [0, 0.1) is 19.8 Å². The molecule has 1 aromatic heterocycles. The fourth-order valence-electron chi connectivity index (χ4n) is 2.62. The van der Waals surface area contributed by atoms with E-state index in [1.165, 1.54) is 0 Å². The summed E-state index contributed by atoms with van der Waals surface area (Å²) >= 11 is 0. The zero-order valence-corrected chi connectivity index (χ0v) is 16.5. The summed E-state index contributed by atoms with van der Waals surface area (Å²) in [4.78, 5) is 24.5. The molecule has 0 spiro atoms. The Morgan fingerprint density at radius 2 is 1.68 bits per heavy atom. The van der Waals surface area contributed by atoms with Crippen molar-refractivity contribution in [1.82, 2.24) is 10.2 Å². The lowest BCUT2D eigenvalue weighted by atomic mass is 10.1. The van der Waals surface area contributed by atoms with Crippen LogP contribution in [0.15, 0.2) is 48.5 Å². The number of nitrogens with zero attached hydrogens (tertiary/aromatic N) is 1. The molecule has 2 aromatic carbocycles. The SMILES string of the molecule is Cc1ccc(-c2cc(C(=O)Nc3cc(NC(=O)C(C)C)ccc3C)[nH]n2)cc1. The minimum absolute atomic E-state index is 0.0718. The molecule has 144 valence electrons. The van der Waals surface area contributed by atoms with Gasteiger partial charge in [0.05, 0.1) is 5.69 Å². The molecule has 0 fully saturated rings. The molecule has 0 aliphatic heterocycles. The summed E-state index contributed by atoms with van der Waals surface area (Å²) in [6.07, 6.45) is 0. The van der Waals surface area contributed by atoms with Gasteiger partial charge in [-0.3, -0.25) is 14.7 Å². The van der Waals surface area contributed by atoms with Crippen molar-refractivity contribution in [3.8, 4) is 11.3 Å². The number of aryl methyl sites for hydroxylation is 2. The predicted molar refractivity (Wildman–Crippen MR) is 111 cm³/mol. The van der Waals surface area contributed by atoms with Crippen LogP contribution in [-0.2, 0) is 4.79 Å². The lowest BCUT2D eigenvalue weighted by Gasteiger charge is -2.12. The molecule has 0 radical (unpaired) electrons. The molecule has 2 amide bonds. The largest absolute Gasteiger partial charge is 0.326 e. The highest BCUT2D eigenvalue weighted by molar-refractivity contribution is 6.04. The van der Waals surface area contributed by atoms with Crippen molar-refractivity contribution in [2.45, 2.75) is 27.7 Å². The Bertz CT molecular complexity index is 1000. The maximum Gasteiger partial charge on any atom is 0.273 e.